The Morgan fingerprint density at radius 3 is 2.43 bits per heavy atom. The van der Waals surface area contributed by atoms with Crippen LogP contribution in [0.4, 0.5) is 0 Å². The van der Waals surface area contributed by atoms with Crippen molar-refractivity contribution in [2.24, 2.45) is 23.0 Å². The van der Waals surface area contributed by atoms with Crippen LogP contribution in [0.25, 0.3) is 0 Å². The van der Waals surface area contributed by atoms with Crippen molar-refractivity contribution >= 4 is 0 Å². The summed E-state index contributed by atoms with van der Waals surface area (Å²) >= 11 is 0. The standard InChI is InChI=1S/C12H25NO/c1-10(2)4-3-7-12(8-13,9-14)11-5-6-11/h10-11,14H,3-9,13H2,1-2H3. The number of hydrogen-bond acceptors (Lipinski definition) is 2. The Hall–Kier alpha value is -0.0800. The summed E-state index contributed by atoms with van der Waals surface area (Å²) in [6.45, 7) is 5.44. The Balaban J connectivity index is 2.34. The molecule has 1 unspecified atom stereocenters. The predicted octanol–water partition coefficient (Wildman–Crippen LogP) is 2.16. The monoisotopic (exact) mass is 199 g/mol. The molecule has 1 aliphatic rings. The van der Waals surface area contributed by atoms with Gasteiger partial charge in [-0.15, -0.1) is 0 Å². The first-order chi connectivity index (χ1) is 6.64. The van der Waals surface area contributed by atoms with Crippen molar-refractivity contribution in [3.05, 3.63) is 0 Å². The minimum atomic E-state index is 0.0644. The molecule has 0 spiro atoms. The van der Waals surface area contributed by atoms with E-state index in [-0.39, 0.29) is 12.0 Å². The Bertz CT molecular complexity index is 160. The predicted molar refractivity (Wildman–Crippen MR) is 60.0 cm³/mol. The second-order valence-corrected chi connectivity index (χ2v) is 5.28. The minimum Gasteiger partial charge on any atom is -0.396 e. The summed E-state index contributed by atoms with van der Waals surface area (Å²) < 4.78 is 0. The fraction of sp³-hybridized carbons (Fsp3) is 1.00. The largest absolute Gasteiger partial charge is 0.396 e. The Morgan fingerprint density at radius 2 is 2.07 bits per heavy atom. The van der Waals surface area contributed by atoms with Crippen molar-refractivity contribution in [1.29, 1.82) is 0 Å². The van der Waals surface area contributed by atoms with Crippen molar-refractivity contribution in [2.75, 3.05) is 13.2 Å². The number of aliphatic hydroxyl groups excluding tert-OH is 1. The lowest BCUT2D eigenvalue weighted by atomic mass is 9.78. The van der Waals surface area contributed by atoms with Crippen LogP contribution in [-0.4, -0.2) is 18.3 Å². The molecule has 1 aliphatic carbocycles. The van der Waals surface area contributed by atoms with E-state index in [1.807, 2.05) is 0 Å². The number of rotatable bonds is 7. The van der Waals surface area contributed by atoms with Gasteiger partial charge >= 0.3 is 0 Å². The second kappa shape index (κ2) is 5.13. The summed E-state index contributed by atoms with van der Waals surface area (Å²) in [5.74, 6) is 1.48. The second-order valence-electron chi connectivity index (χ2n) is 5.28. The zero-order valence-electron chi connectivity index (χ0n) is 9.63. The quantitative estimate of drug-likeness (QED) is 0.660. The Labute approximate surface area is 87.9 Å². The van der Waals surface area contributed by atoms with Crippen molar-refractivity contribution in [1.82, 2.24) is 0 Å². The summed E-state index contributed by atoms with van der Waals surface area (Å²) in [5.41, 5.74) is 5.88. The molecule has 1 rings (SSSR count). The minimum absolute atomic E-state index is 0.0644. The molecule has 0 aliphatic heterocycles. The van der Waals surface area contributed by atoms with Gasteiger partial charge in [-0.3, -0.25) is 0 Å². The molecule has 0 radical (unpaired) electrons. The van der Waals surface area contributed by atoms with Gasteiger partial charge in [0, 0.05) is 12.0 Å². The maximum Gasteiger partial charge on any atom is 0.0502 e. The molecular weight excluding hydrogens is 174 g/mol. The van der Waals surface area contributed by atoms with Crippen LogP contribution in [0.2, 0.25) is 0 Å². The summed E-state index contributed by atoms with van der Waals surface area (Å²) in [4.78, 5) is 0. The average Bonchev–Trinajstić information content (AvgIpc) is 2.96. The lowest BCUT2D eigenvalue weighted by molar-refractivity contribution is 0.0952. The molecule has 1 saturated carbocycles. The molecule has 0 aromatic carbocycles. The van der Waals surface area contributed by atoms with Crippen molar-refractivity contribution in [3.8, 4) is 0 Å². The van der Waals surface area contributed by atoms with Crippen LogP contribution in [0.3, 0.4) is 0 Å². The van der Waals surface area contributed by atoms with Gasteiger partial charge in [0.05, 0.1) is 6.61 Å². The van der Waals surface area contributed by atoms with Gasteiger partial charge in [-0.25, -0.2) is 0 Å². The third-order valence-electron chi connectivity index (χ3n) is 3.62. The highest BCUT2D eigenvalue weighted by atomic mass is 16.3. The van der Waals surface area contributed by atoms with Gasteiger partial charge in [-0.2, -0.15) is 0 Å². The fourth-order valence-corrected chi connectivity index (χ4v) is 2.30. The zero-order chi connectivity index (χ0) is 10.6. The first-order valence-corrected chi connectivity index (χ1v) is 5.95. The van der Waals surface area contributed by atoms with E-state index in [1.165, 1.54) is 25.7 Å². The van der Waals surface area contributed by atoms with Crippen LogP contribution in [-0.2, 0) is 0 Å². The number of hydrogen-bond donors (Lipinski definition) is 2. The first-order valence-electron chi connectivity index (χ1n) is 5.95. The highest BCUT2D eigenvalue weighted by Crippen LogP contribution is 2.47. The molecule has 0 heterocycles. The van der Waals surface area contributed by atoms with Gasteiger partial charge in [0.1, 0.15) is 0 Å². The summed E-state index contributed by atoms with van der Waals surface area (Å²) in [6, 6.07) is 0. The first kappa shape index (κ1) is 12.0. The lowest BCUT2D eigenvalue weighted by Crippen LogP contribution is -2.36. The molecule has 0 aromatic heterocycles. The van der Waals surface area contributed by atoms with E-state index in [9.17, 15) is 5.11 Å². The Kier molecular flexibility index (Phi) is 4.39. The molecule has 1 fully saturated rings. The van der Waals surface area contributed by atoms with Gasteiger partial charge in [-0.1, -0.05) is 26.7 Å². The van der Waals surface area contributed by atoms with Crippen LogP contribution in [0.15, 0.2) is 0 Å². The average molecular weight is 199 g/mol. The van der Waals surface area contributed by atoms with Crippen molar-refractivity contribution in [3.63, 3.8) is 0 Å². The third-order valence-corrected chi connectivity index (χ3v) is 3.62. The van der Waals surface area contributed by atoms with E-state index < -0.39 is 0 Å². The van der Waals surface area contributed by atoms with Crippen LogP contribution in [0, 0.1) is 17.3 Å². The number of nitrogens with two attached hydrogens (primary N) is 1. The van der Waals surface area contributed by atoms with Crippen LogP contribution in [0.5, 0.6) is 0 Å². The molecule has 0 aromatic rings. The normalized spacial score (nSPS) is 21.2. The summed E-state index contributed by atoms with van der Waals surface area (Å²) in [7, 11) is 0. The molecule has 14 heavy (non-hydrogen) atoms. The van der Waals surface area contributed by atoms with Gasteiger partial charge in [-0.05, 0) is 31.1 Å². The molecule has 2 heteroatoms. The van der Waals surface area contributed by atoms with E-state index >= 15 is 0 Å². The maximum absolute atomic E-state index is 9.47. The molecule has 0 saturated heterocycles. The Morgan fingerprint density at radius 1 is 1.43 bits per heavy atom. The third kappa shape index (κ3) is 2.96. The van der Waals surface area contributed by atoms with E-state index in [2.05, 4.69) is 13.8 Å². The molecule has 0 amide bonds. The molecule has 0 bridgehead atoms. The highest BCUT2D eigenvalue weighted by Gasteiger charge is 2.43. The van der Waals surface area contributed by atoms with Crippen LogP contribution in [0.1, 0.15) is 46.0 Å². The van der Waals surface area contributed by atoms with Crippen LogP contribution < -0.4 is 5.73 Å². The molecule has 3 N–H and O–H groups in total. The van der Waals surface area contributed by atoms with Gasteiger partial charge in [0.15, 0.2) is 0 Å². The fourth-order valence-electron chi connectivity index (χ4n) is 2.30. The smallest absolute Gasteiger partial charge is 0.0502 e. The van der Waals surface area contributed by atoms with E-state index in [0.717, 1.165) is 12.3 Å². The highest BCUT2D eigenvalue weighted by molar-refractivity contribution is 4.94. The molecular formula is C12H25NO. The topological polar surface area (TPSA) is 46.2 Å². The molecule has 84 valence electrons. The van der Waals surface area contributed by atoms with Gasteiger partial charge in [0.2, 0.25) is 0 Å². The summed E-state index contributed by atoms with van der Waals surface area (Å²) in [6.07, 6.45) is 6.14. The SMILES string of the molecule is CC(C)CCCC(CN)(CO)C1CC1. The van der Waals surface area contributed by atoms with Crippen molar-refractivity contribution < 1.29 is 5.11 Å². The van der Waals surface area contributed by atoms with E-state index in [0.29, 0.717) is 12.5 Å². The lowest BCUT2D eigenvalue weighted by Gasteiger charge is -2.30. The van der Waals surface area contributed by atoms with Crippen molar-refractivity contribution in [2.45, 2.75) is 46.0 Å². The van der Waals surface area contributed by atoms with E-state index in [4.69, 9.17) is 5.73 Å². The van der Waals surface area contributed by atoms with Gasteiger partial charge < -0.3 is 10.8 Å². The number of aliphatic hydroxyl groups is 1. The zero-order valence-corrected chi connectivity index (χ0v) is 9.63. The van der Waals surface area contributed by atoms with E-state index in [1.54, 1.807) is 0 Å². The maximum atomic E-state index is 9.47. The summed E-state index contributed by atoms with van der Waals surface area (Å²) in [5, 5.41) is 9.47. The molecule has 1 atom stereocenters. The van der Waals surface area contributed by atoms with Gasteiger partial charge in [0.25, 0.3) is 0 Å². The van der Waals surface area contributed by atoms with Crippen LogP contribution >= 0.6 is 0 Å². The molecule has 2 nitrogen and oxygen atoms in total.